The summed E-state index contributed by atoms with van der Waals surface area (Å²) < 4.78 is 4.76. The normalized spacial score (nSPS) is 11.9. The van der Waals surface area contributed by atoms with Crippen molar-refractivity contribution in [2.75, 3.05) is 0 Å². The van der Waals surface area contributed by atoms with E-state index in [1.54, 1.807) is 0 Å². The number of aromatic nitrogens is 4. The summed E-state index contributed by atoms with van der Waals surface area (Å²) in [6.07, 6.45) is 0. The molecule has 0 aliphatic rings. The van der Waals surface area contributed by atoms with Gasteiger partial charge in [0, 0.05) is 38.2 Å². The Morgan fingerprint density at radius 3 is 1.82 bits per heavy atom. The molecule has 12 aromatic rings. The topological polar surface area (TPSA) is 35.6 Å². The third-order valence-corrected chi connectivity index (χ3v) is 11.5. The fourth-order valence-corrected chi connectivity index (χ4v) is 8.86. The van der Waals surface area contributed by atoms with Gasteiger partial charge in [0.05, 0.1) is 33.1 Å². The Labute approximate surface area is 322 Å². The smallest absolute Gasteiger partial charge is 0.165 e. The van der Waals surface area contributed by atoms with E-state index in [0.717, 1.165) is 56.0 Å². The van der Waals surface area contributed by atoms with Gasteiger partial charge < -0.3 is 4.57 Å². The quantitative estimate of drug-likeness (QED) is 0.182. The summed E-state index contributed by atoms with van der Waals surface area (Å²) in [4.78, 5) is 10.7. The lowest BCUT2D eigenvalue weighted by Crippen LogP contribution is -2.04. The van der Waals surface area contributed by atoms with Gasteiger partial charge in [-0.05, 0) is 75.8 Å². The summed E-state index contributed by atoms with van der Waals surface area (Å²) in [6, 6.07) is 69.7. The van der Waals surface area contributed by atoms with Crippen LogP contribution in [0.3, 0.4) is 0 Å². The molecule has 0 aliphatic carbocycles. The van der Waals surface area contributed by atoms with Crippen molar-refractivity contribution >= 4 is 76.2 Å². The molecule has 3 heterocycles. The van der Waals surface area contributed by atoms with E-state index in [2.05, 4.69) is 179 Å². The molecule has 4 heteroatoms. The van der Waals surface area contributed by atoms with Crippen molar-refractivity contribution in [3.8, 4) is 33.9 Å². The van der Waals surface area contributed by atoms with E-state index in [0.29, 0.717) is 0 Å². The number of benzene rings is 9. The Morgan fingerprint density at radius 2 is 0.946 bits per heavy atom. The van der Waals surface area contributed by atoms with Crippen molar-refractivity contribution in [1.29, 1.82) is 0 Å². The average Bonchev–Trinajstić information content (AvgIpc) is 3.78. The van der Waals surface area contributed by atoms with Crippen LogP contribution in [0.4, 0.5) is 0 Å². The highest BCUT2D eigenvalue weighted by Gasteiger charge is 2.22. The van der Waals surface area contributed by atoms with Crippen LogP contribution in [0, 0.1) is 0 Å². The molecule has 260 valence electrons. The van der Waals surface area contributed by atoms with Crippen molar-refractivity contribution in [1.82, 2.24) is 19.1 Å². The largest absolute Gasteiger partial charge is 0.309 e. The van der Waals surface area contributed by atoms with Gasteiger partial charge in [0.2, 0.25) is 0 Å². The maximum Gasteiger partial charge on any atom is 0.165 e. The molecule has 0 saturated heterocycles. The van der Waals surface area contributed by atoms with E-state index in [4.69, 9.17) is 9.97 Å². The van der Waals surface area contributed by atoms with Gasteiger partial charge in [0.1, 0.15) is 5.69 Å². The molecule has 9 aromatic carbocycles. The Balaban J connectivity index is 1.13. The van der Waals surface area contributed by atoms with Crippen LogP contribution in [0.2, 0.25) is 0 Å². The summed E-state index contributed by atoms with van der Waals surface area (Å²) in [5, 5.41) is 9.67. The molecule has 12 rings (SSSR count). The molecule has 4 nitrogen and oxygen atoms in total. The monoisotopic (exact) mass is 712 g/mol. The molecule has 0 unspecified atom stereocenters. The highest BCUT2D eigenvalue weighted by atomic mass is 15.1. The van der Waals surface area contributed by atoms with Crippen LogP contribution >= 0.6 is 0 Å². The number of hydrogen-bond donors (Lipinski definition) is 0. The van der Waals surface area contributed by atoms with Crippen LogP contribution in [-0.4, -0.2) is 19.1 Å². The van der Waals surface area contributed by atoms with Gasteiger partial charge >= 0.3 is 0 Å². The minimum Gasteiger partial charge on any atom is -0.309 e. The SMILES string of the molecule is c1ccc(-c2nc3ccccc3nc2-n2c3cc(-c4ccc5c(c4)c4ccccc4n5-c4ccc5ccccc5c4)ccc3c3ccc4ccccc4c32)cc1. The van der Waals surface area contributed by atoms with Crippen LogP contribution in [-0.2, 0) is 0 Å². The lowest BCUT2D eigenvalue weighted by molar-refractivity contribution is 1.08. The van der Waals surface area contributed by atoms with E-state index in [9.17, 15) is 0 Å². The number of hydrogen-bond acceptors (Lipinski definition) is 2. The van der Waals surface area contributed by atoms with Crippen molar-refractivity contribution < 1.29 is 0 Å². The van der Waals surface area contributed by atoms with E-state index in [-0.39, 0.29) is 0 Å². The minimum atomic E-state index is 0.817. The molecule has 0 N–H and O–H groups in total. The van der Waals surface area contributed by atoms with Gasteiger partial charge in [0.15, 0.2) is 5.82 Å². The first-order valence-electron chi connectivity index (χ1n) is 19.1. The first-order chi connectivity index (χ1) is 27.8. The predicted octanol–water partition coefficient (Wildman–Crippen LogP) is 13.5. The summed E-state index contributed by atoms with van der Waals surface area (Å²) >= 11 is 0. The fourth-order valence-electron chi connectivity index (χ4n) is 8.86. The Morgan fingerprint density at radius 1 is 0.321 bits per heavy atom. The molecule has 0 fully saturated rings. The maximum atomic E-state index is 5.43. The molecule has 0 amide bonds. The first-order valence-corrected chi connectivity index (χ1v) is 19.1. The summed E-state index contributed by atoms with van der Waals surface area (Å²) in [5.74, 6) is 0.817. The molecule has 0 aliphatic heterocycles. The van der Waals surface area contributed by atoms with Crippen LogP contribution in [0.25, 0.3) is 110 Å². The van der Waals surface area contributed by atoms with E-state index in [1.807, 2.05) is 24.3 Å². The zero-order valence-electron chi connectivity index (χ0n) is 30.3. The molecule has 0 radical (unpaired) electrons. The van der Waals surface area contributed by atoms with Gasteiger partial charge in [-0.25, -0.2) is 9.97 Å². The molecule has 0 atom stereocenters. The highest BCUT2D eigenvalue weighted by molar-refractivity contribution is 6.19. The second-order valence-electron chi connectivity index (χ2n) is 14.6. The highest BCUT2D eigenvalue weighted by Crippen LogP contribution is 2.41. The molecular weight excluding hydrogens is 681 g/mol. The second-order valence-corrected chi connectivity index (χ2v) is 14.6. The molecule has 3 aromatic heterocycles. The Hall–Kier alpha value is -7.56. The maximum absolute atomic E-state index is 5.43. The Kier molecular flexibility index (Phi) is 6.60. The van der Waals surface area contributed by atoms with Crippen molar-refractivity contribution in [3.63, 3.8) is 0 Å². The summed E-state index contributed by atoms with van der Waals surface area (Å²) in [6.45, 7) is 0. The summed E-state index contributed by atoms with van der Waals surface area (Å²) in [5.41, 5.74) is 11.7. The minimum absolute atomic E-state index is 0.817. The molecule has 0 spiro atoms. The third-order valence-electron chi connectivity index (χ3n) is 11.5. The predicted molar refractivity (Wildman–Crippen MR) is 234 cm³/mol. The average molecular weight is 713 g/mol. The van der Waals surface area contributed by atoms with E-state index >= 15 is 0 Å². The van der Waals surface area contributed by atoms with Gasteiger partial charge in [0.25, 0.3) is 0 Å². The zero-order valence-corrected chi connectivity index (χ0v) is 30.3. The lowest BCUT2D eigenvalue weighted by Gasteiger charge is -2.15. The number of para-hydroxylation sites is 3. The van der Waals surface area contributed by atoms with Gasteiger partial charge in [-0.15, -0.1) is 0 Å². The van der Waals surface area contributed by atoms with Crippen molar-refractivity contribution in [2.24, 2.45) is 0 Å². The fraction of sp³-hybridized carbons (Fsp3) is 0. The van der Waals surface area contributed by atoms with Gasteiger partial charge in [-0.2, -0.15) is 0 Å². The van der Waals surface area contributed by atoms with Gasteiger partial charge in [-0.3, -0.25) is 4.57 Å². The van der Waals surface area contributed by atoms with Crippen LogP contribution < -0.4 is 0 Å². The second kappa shape index (κ2) is 12.0. The van der Waals surface area contributed by atoms with Crippen LogP contribution in [0.15, 0.2) is 194 Å². The van der Waals surface area contributed by atoms with Crippen molar-refractivity contribution in [3.05, 3.63) is 194 Å². The molecule has 56 heavy (non-hydrogen) atoms. The standard InChI is InChI=1S/C52H32N4/c1-2-14-35(15-3-1)50-52(54-46-20-10-9-19-45(46)53-50)56-49-32-38(24-27-42(49)43-28-23-34-13-6-7-17-40(34)51(43)56)37-25-29-48-44(31-37)41-18-8-11-21-47(41)55(48)39-26-22-33-12-4-5-16-36(33)30-39/h1-32H. The number of nitrogens with zero attached hydrogens (tertiary/aromatic N) is 4. The number of fused-ring (bicyclic) bond motifs is 10. The van der Waals surface area contributed by atoms with Gasteiger partial charge in [-0.1, -0.05) is 146 Å². The number of rotatable bonds is 4. The van der Waals surface area contributed by atoms with E-state index in [1.165, 1.54) is 54.1 Å². The molecular formula is C52H32N4. The third kappa shape index (κ3) is 4.60. The van der Waals surface area contributed by atoms with E-state index < -0.39 is 0 Å². The first kappa shape index (κ1) is 30.9. The molecule has 0 bridgehead atoms. The van der Waals surface area contributed by atoms with Crippen LogP contribution in [0.5, 0.6) is 0 Å². The Bertz CT molecular complexity index is 3540. The molecule has 0 saturated carbocycles. The zero-order chi connectivity index (χ0) is 36.7. The lowest BCUT2D eigenvalue weighted by atomic mass is 10.0. The van der Waals surface area contributed by atoms with Crippen LogP contribution in [0.1, 0.15) is 0 Å². The van der Waals surface area contributed by atoms with Crippen molar-refractivity contribution in [2.45, 2.75) is 0 Å². The summed E-state index contributed by atoms with van der Waals surface area (Å²) in [7, 11) is 0.